The number of nitrogens with one attached hydrogen (secondary N) is 3. The predicted octanol–water partition coefficient (Wildman–Crippen LogP) is 3.97. The molecule has 3 aromatic carbocycles. The SMILES string of the molecule is C=CC(=O)Nc1cccc(-c2cccc3cnc(Nc4ccc(C5(CO)CNCCO5)cc4)nc23)c1. The molecule has 1 aromatic heterocycles. The summed E-state index contributed by atoms with van der Waals surface area (Å²) in [6.45, 7) is 5.30. The zero-order valence-corrected chi connectivity index (χ0v) is 19.7. The number of anilines is 3. The van der Waals surface area contributed by atoms with Crippen LogP contribution >= 0.6 is 0 Å². The Bertz CT molecular complexity index is 1400. The number of fused-ring (bicyclic) bond motifs is 1. The third-order valence-corrected chi connectivity index (χ3v) is 6.23. The van der Waals surface area contributed by atoms with E-state index < -0.39 is 5.60 Å². The number of rotatable bonds is 7. The van der Waals surface area contributed by atoms with E-state index in [4.69, 9.17) is 9.72 Å². The van der Waals surface area contributed by atoms with Crippen molar-refractivity contribution in [2.45, 2.75) is 5.60 Å². The lowest BCUT2D eigenvalue weighted by Gasteiger charge is -2.36. The first kappa shape index (κ1) is 23.6. The summed E-state index contributed by atoms with van der Waals surface area (Å²) in [5.74, 6) is 0.201. The van der Waals surface area contributed by atoms with Crippen LogP contribution in [0, 0.1) is 0 Å². The standard InChI is InChI=1S/C28H27N5O3/c1-2-25(35)31-23-7-3-5-19(15-23)24-8-4-6-20-16-30-27(33-26(20)24)32-22-11-9-21(10-12-22)28(18-34)17-29-13-14-36-28/h2-12,15-16,29,34H,1,13-14,17-18H2,(H,31,35)(H,30,32,33). The van der Waals surface area contributed by atoms with Crippen LogP contribution < -0.4 is 16.0 Å². The van der Waals surface area contributed by atoms with Gasteiger partial charge in [-0.05, 0) is 41.5 Å². The van der Waals surface area contributed by atoms with Gasteiger partial charge in [0.05, 0.1) is 18.7 Å². The maximum Gasteiger partial charge on any atom is 0.247 e. The first-order valence-electron chi connectivity index (χ1n) is 11.7. The quantitative estimate of drug-likeness (QED) is 0.296. The van der Waals surface area contributed by atoms with E-state index in [9.17, 15) is 9.90 Å². The van der Waals surface area contributed by atoms with Crippen molar-refractivity contribution >= 4 is 34.1 Å². The second-order valence-corrected chi connectivity index (χ2v) is 8.59. The van der Waals surface area contributed by atoms with Crippen molar-refractivity contribution in [3.63, 3.8) is 0 Å². The number of ether oxygens (including phenoxy) is 1. The van der Waals surface area contributed by atoms with Crippen LogP contribution in [0.5, 0.6) is 0 Å². The fourth-order valence-corrected chi connectivity index (χ4v) is 4.33. The lowest BCUT2D eigenvalue weighted by molar-refractivity contribution is -0.111. The molecule has 0 aliphatic carbocycles. The molecule has 1 fully saturated rings. The Morgan fingerprint density at radius 2 is 1.97 bits per heavy atom. The second-order valence-electron chi connectivity index (χ2n) is 8.59. The minimum Gasteiger partial charge on any atom is -0.393 e. The molecule has 1 atom stereocenters. The fraction of sp³-hybridized carbons (Fsp3) is 0.179. The second kappa shape index (κ2) is 10.2. The first-order valence-corrected chi connectivity index (χ1v) is 11.7. The Kier molecular flexibility index (Phi) is 6.73. The topological polar surface area (TPSA) is 108 Å². The number of hydrogen-bond donors (Lipinski definition) is 4. The van der Waals surface area contributed by atoms with Gasteiger partial charge in [0.25, 0.3) is 0 Å². The summed E-state index contributed by atoms with van der Waals surface area (Å²) in [4.78, 5) is 21.0. The van der Waals surface area contributed by atoms with Crippen molar-refractivity contribution in [2.75, 3.05) is 36.9 Å². The number of aliphatic hydroxyl groups excluding tert-OH is 1. The molecule has 0 saturated carbocycles. The number of benzene rings is 3. The Labute approximate surface area is 209 Å². The number of morpholine rings is 1. The van der Waals surface area contributed by atoms with Gasteiger partial charge in [0.2, 0.25) is 11.9 Å². The third-order valence-electron chi connectivity index (χ3n) is 6.23. The fourth-order valence-electron chi connectivity index (χ4n) is 4.33. The molecule has 2 heterocycles. The minimum atomic E-state index is -0.731. The summed E-state index contributed by atoms with van der Waals surface area (Å²) in [6, 6.07) is 21.3. The summed E-state index contributed by atoms with van der Waals surface area (Å²) >= 11 is 0. The van der Waals surface area contributed by atoms with Crippen LogP contribution in [0.4, 0.5) is 17.3 Å². The Morgan fingerprint density at radius 1 is 1.14 bits per heavy atom. The summed E-state index contributed by atoms with van der Waals surface area (Å²) in [5, 5.41) is 20.2. The average molecular weight is 482 g/mol. The van der Waals surface area contributed by atoms with Crippen molar-refractivity contribution in [3.05, 3.63) is 91.1 Å². The van der Waals surface area contributed by atoms with Gasteiger partial charge in [0.1, 0.15) is 5.60 Å². The van der Waals surface area contributed by atoms with Crippen molar-refractivity contribution in [2.24, 2.45) is 0 Å². The summed E-state index contributed by atoms with van der Waals surface area (Å²) < 4.78 is 5.91. The van der Waals surface area contributed by atoms with Crippen LogP contribution in [-0.4, -0.2) is 47.3 Å². The van der Waals surface area contributed by atoms with Gasteiger partial charge in [-0.25, -0.2) is 9.97 Å². The van der Waals surface area contributed by atoms with E-state index in [1.807, 2.05) is 66.7 Å². The normalized spacial score (nSPS) is 17.5. The molecule has 8 nitrogen and oxygen atoms in total. The zero-order valence-electron chi connectivity index (χ0n) is 19.7. The molecule has 1 unspecified atom stereocenters. The molecule has 8 heteroatoms. The van der Waals surface area contributed by atoms with Gasteiger partial charge in [0.15, 0.2) is 0 Å². The highest BCUT2D eigenvalue weighted by atomic mass is 16.5. The van der Waals surface area contributed by atoms with Crippen LogP contribution in [0.15, 0.2) is 85.6 Å². The van der Waals surface area contributed by atoms with Crippen LogP contribution in [0.25, 0.3) is 22.0 Å². The minimum absolute atomic E-state index is 0.0954. The molecular formula is C28H27N5O3. The zero-order chi connectivity index (χ0) is 25.0. The Balaban J connectivity index is 1.42. The molecule has 1 amide bonds. The number of amides is 1. The van der Waals surface area contributed by atoms with Crippen LogP contribution in [0.1, 0.15) is 5.56 Å². The molecule has 4 N–H and O–H groups in total. The Hall–Kier alpha value is -4.11. The highest BCUT2D eigenvalue weighted by Gasteiger charge is 2.34. The highest BCUT2D eigenvalue weighted by Crippen LogP contribution is 2.31. The van der Waals surface area contributed by atoms with Gasteiger partial charge >= 0.3 is 0 Å². The molecule has 1 aliphatic rings. The lowest BCUT2D eigenvalue weighted by atomic mass is 9.93. The Morgan fingerprint density at radius 3 is 2.72 bits per heavy atom. The summed E-state index contributed by atoms with van der Waals surface area (Å²) in [5.41, 5.74) is 4.32. The number of carbonyl (C=O) groups is 1. The van der Waals surface area contributed by atoms with E-state index in [1.54, 1.807) is 6.20 Å². The maximum atomic E-state index is 11.7. The molecule has 0 radical (unpaired) electrons. The van der Waals surface area contributed by atoms with E-state index in [1.165, 1.54) is 6.08 Å². The molecule has 36 heavy (non-hydrogen) atoms. The van der Waals surface area contributed by atoms with E-state index in [0.717, 1.165) is 39.8 Å². The first-order chi connectivity index (χ1) is 17.6. The third kappa shape index (κ3) is 4.83. The smallest absolute Gasteiger partial charge is 0.247 e. The predicted molar refractivity (Wildman–Crippen MR) is 141 cm³/mol. The molecule has 0 spiro atoms. The molecular weight excluding hydrogens is 454 g/mol. The van der Waals surface area contributed by atoms with Gasteiger partial charge in [-0.1, -0.05) is 49.0 Å². The highest BCUT2D eigenvalue weighted by molar-refractivity contribution is 6.00. The summed E-state index contributed by atoms with van der Waals surface area (Å²) in [7, 11) is 0. The monoisotopic (exact) mass is 481 g/mol. The van der Waals surface area contributed by atoms with E-state index >= 15 is 0 Å². The van der Waals surface area contributed by atoms with Gasteiger partial charge < -0.3 is 25.8 Å². The maximum absolute atomic E-state index is 11.7. The average Bonchev–Trinajstić information content (AvgIpc) is 2.93. The van der Waals surface area contributed by atoms with Crippen LogP contribution in [0.3, 0.4) is 0 Å². The van der Waals surface area contributed by atoms with Crippen molar-refractivity contribution in [1.29, 1.82) is 0 Å². The van der Waals surface area contributed by atoms with Crippen LogP contribution in [-0.2, 0) is 15.1 Å². The molecule has 5 rings (SSSR count). The summed E-state index contributed by atoms with van der Waals surface area (Å²) in [6.07, 6.45) is 3.03. The van der Waals surface area contributed by atoms with Gasteiger partial charge in [0, 0.05) is 41.6 Å². The number of hydrogen-bond acceptors (Lipinski definition) is 7. The van der Waals surface area contributed by atoms with Crippen molar-refractivity contribution < 1.29 is 14.6 Å². The van der Waals surface area contributed by atoms with Crippen molar-refractivity contribution in [1.82, 2.24) is 15.3 Å². The van der Waals surface area contributed by atoms with E-state index in [-0.39, 0.29) is 12.5 Å². The van der Waals surface area contributed by atoms with Gasteiger partial charge in [-0.15, -0.1) is 0 Å². The molecule has 0 bridgehead atoms. The van der Waals surface area contributed by atoms with Gasteiger partial charge in [-0.2, -0.15) is 0 Å². The number of aliphatic hydroxyl groups is 1. The lowest BCUT2D eigenvalue weighted by Crippen LogP contribution is -2.49. The van der Waals surface area contributed by atoms with Crippen LogP contribution in [0.2, 0.25) is 0 Å². The number of nitrogens with zero attached hydrogens (tertiary/aromatic N) is 2. The van der Waals surface area contributed by atoms with Gasteiger partial charge in [-0.3, -0.25) is 4.79 Å². The number of aromatic nitrogens is 2. The van der Waals surface area contributed by atoms with E-state index in [2.05, 4.69) is 27.5 Å². The molecule has 1 aliphatic heterocycles. The number of carbonyl (C=O) groups excluding carboxylic acids is 1. The largest absolute Gasteiger partial charge is 0.393 e. The molecule has 1 saturated heterocycles. The number of para-hydroxylation sites is 1. The molecule has 4 aromatic rings. The van der Waals surface area contributed by atoms with Crippen molar-refractivity contribution in [3.8, 4) is 11.1 Å². The van der Waals surface area contributed by atoms with E-state index in [0.29, 0.717) is 24.8 Å². The molecule has 182 valence electrons.